The number of rotatable bonds is 8. The summed E-state index contributed by atoms with van der Waals surface area (Å²) in [5.41, 5.74) is 1.38. The highest BCUT2D eigenvalue weighted by Crippen LogP contribution is 2.08. The molecule has 1 aromatic carbocycles. The fourth-order valence-corrected chi connectivity index (χ4v) is 2.74. The number of hydrogen-bond donors (Lipinski definition) is 1. The Morgan fingerprint density at radius 3 is 2.63 bits per heavy atom. The van der Waals surface area contributed by atoms with Gasteiger partial charge in [-0.05, 0) is 30.5 Å². The summed E-state index contributed by atoms with van der Waals surface area (Å²) in [6, 6.07) is 14.9. The summed E-state index contributed by atoms with van der Waals surface area (Å²) >= 11 is 1.84. The lowest BCUT2D eigenvalue weighted by molar-refractivity contribution is 0.325. The van der Waals surface area contributed by atoms with Gasteiger partial charge in [-0.25, -0.2) is 0 Å². The lowest BCUT2D eigenvalue weighted by atomic mass is 10.2. The van der Waals surface area contributed by atoms with Crippen molar-refractivity contribution in [2.75, 3.05) is 26.7 Å². The van der Waals surface area contributed by atoms with Crippen molar-refractivity contribution in [1.82, 2.24) is 10.2 Å². The van der Waals surface area contributed by atoms with Gasteiger partial charge in [0.05, 0.1) is 0 Å². The monoisotopic (exact) mass is 274 g/mol. The first-order valence-corrected chi connectivity index (χ1v) is 7.68. The van der Waals surface area contributed by atoms with Gasteiger partial charge in [-0.3, -0.25) is 0 Å². The molecule has 1 N–H and O–H groups in total. The van der Waals surface area contributed by atoms with Crippen LogP contribution in [0, 0.1) is 0 Å². The van der Waals surface area contributed by atoms with E-state index in [1.165, 1.54) is 10.4 Å². The van der Waals surface area contributed by atoms with E-state index < -0.39 is 0 Å². The first-order valence-electron chi connectivity index (χ1n) is 6.80. The average Bonchev–Trinajstić information content (AvgIpc) is 2.92. The molecule has 1 heterocycles. The molecule has 0 bridgehead atoms. The molecule has 0 fully saturated rings. The number of nitrogens with one attached hydrogen (secondary N) is 1. The molecule has 0 spiro atoms. The van der Waals surface area contributed by atoms with E-state index in [9.17, 15) is 0 Å². The van der Waals surface area contributed by atoms with Crippen LogP contribution in [-0.2, 0) is 13.0 Å². The second-order valence-corrected chi connectivity index (χ2v) is 5.83. The molecule has 0 amide bonds. The molecule has 0 saturated heterocycles. The topological polar surface area (TPSA) is 15.3 Å². The molecule has 0 aliphatic carbocycles. The van der Waals surface area contributed by atoms with Gasteiger partial charge in [0.2, 0.25) is 0 Å². The van der Waals surface area contributed by atoms with Crippen molar-refractivity contribution in [2.24, 2.45) is 0 Å². The number of thiophene rings is 1. The van der Waals surface area contributed by atoms with Crippen LogP contribution in [-0.4, -0.2) is 31.6 Å². The first-order chi connectivity index (χ1) is 9.34. The highest BCUT2D eigenvalue weighted by Gasteiger charge is 1.99. The molecule has 102 valence electrons. The Hall–Kier alpha value is -1.16. The van der Waals surface area contributed by atoms with Gasteiger partial charge in [0.1, 0.15) is 0 Å². The Labute approximate surface area is 120 Å². The maximum Gasteiger partial charge on any atom is 0.0231 e. The standard InChI is InChI=1S/C16H22N2S/c1-18(14-15-6-3-2-4-7-15)12-11-17-10-9-16-8-5-13-19-16/h2-8,13,17H,9-12,14H2,1H3. The molecule has 2 nitrogen and oxygen atoms in total. The number of likely N-dealkylation sites (N-methyl/N-ethyl adjacent to an activating group) is 1. The predicted molar refractivity (Wildman–Crippen MR) is 83.7 cm³/mol. The molecular formula is C16H22N2S. The van der Waals surface area contributed by atoms with Crippen LogP contribution in [0.3, 0.4) is 0 Å². The molecule has 0 unspecified atom stereocenters. The second-order valence-electron chi connectivity index (χ2n) is 4.80. The molecule has 3 heteroatoms. The summed E-state index contributed by atoms with van der Waals surface area (Å²) in [5.74, 6) is 0. The van der Waals surface area contributed by atoms with E-state index in [-0.39, 0.29) is 0 Å². The maximum atomic E-state index is 3.51. The van der Waals surface area contributed by atoms with Crippen LogP contribution < -0.4 is 5.32 Å². The zero-order valence-corrected chi connectivity index (χ0v) is 12.3. The summed E-state index contributed by atoms with van der Waals surface area (Å²) in [6.45, 7) is 4.22. The first kappa shape index (κ1) is 14.3. The lowest BCUT2D eigenvalue weighted by Gasteiger charge is -2.16. The normalized spacial score (nSPS) is 11.1. The van der Waals surface area contributed by atoms with Crippen LogP contribution in [0.25, 0.3) is 0 Å². The van der Waals surface area contributed by atoms with Crippen molar-refractivity contribution >= 4 is 11.3 Å². The van der Waals surface area contributed by atoms with Gasteiger partial charge in [-0.15, -0.1) is 11.3 Å². The van der Waals surface area contributed by atoms with E-state index >= 15 is 0 Å². The molecule has 0 atom stereocenters. The minimum Gasteiger partial charge on any atom is -0.315 e. The van der Waals surface area contributed by atoms with Crippen LogP contribution in [0.2, 0.25) is 0 Å². The van der Waals surface area contributed by atoms with E-state index in [1.54, 1.807) is 0 Å². The van der Waals surface area contributed by atoms with Crippen molar-refractivity contribution in [3.8, 4) is 0 Å². The molecule has 1 aromatic heterocycles. The van der Waals surface area contributed by atoms with Crippen molar-refractivity contribution in [3.05, 3.63) is 58.3 Å². The summed E-state index contributed by atoms with van der Waals surface area (Å²) in [5, 5.41) is 5.65. The lowest BCUT2D eigenvalue weighted by Crippen LogP contribution is -2.29. The predicted octanol–water partition coefficient (Wildman–Crippen LogP) is 3.01. The van der Waals surface area contributed by atoms with Crippen molar-refractivity contribution in [3.63, 3.8) is 0 Å². The summed E-state index contributed by atoms with van der Waals surface area (Å²) in [7, 11) is 2.17. The minimum absolute atomic E-state index is 1.02. The van der Waals surface area contributed by atoms with E-state index in [1.807, 2.05) is 11.3 Å². The van der Waals surface area contributed by atoms with Gasteiger partial charge in [0.15, 0.2) is 0 Å². The zero-order chi connectivity index (χ0) is 13.3. The number of benzene rings is 1. The van der Waals surface area contributed by atoms with Gasteiger partial charge in [0.25, 0.3) is 0 Å². The average molecular weight is 274 g/mol. The summed E-state index contributed by atoms with van der Waals surface area (Å²) in [6.07, 6.45) is 1.14. The van der Waals surface area contributed by atoms with E-state index in [0.29, 0.717) is 0 Å². The third-order valence-electron chi connectivity index (χ3n) is 3.09. The van der Waals surface area contributed by atoms with Crippen LogP contribution in [0.1, 0.15) is 10.4 Å². The fourth-order valence-electron chi connectivity index (χ4n) is 2.04. The second kappa shape index (κ2) is 8.10. The Morgan fingerprint density at radius 1 is 1.05 bits per heavy atom. The van der Waals surface area contributed by atoms with Gasteiger partial charge in [-0.1, -0.05) is 36.4 Å². The van der Waals surface area contributed by atoms with Gasteiger partial charge in [0, 0.05) is 31.1 Å². The number of hydrogen-bond acceptors (Lipinski definition) is 3. The van der Waals surface area contributed by atoms with Gasteiger partial charge in [-0.2, -0.15) is 0 Å². The fraction of sp³-hybridized carbons (Fsp3) is 0.375. The Balaban J connectivity index is 1.55. The molecule has 2 aromatic rings. The van der Waals surface area contributed by atoms with Gasteiger partial charge >= 0.3 is 0 Å². The number of nitrogens with zero attached hydrogens (tertiary/aromatic N) is 1. The van der Waals surface area contributed by atoms with Crippen LogP contribution >= 0.6 is 11.3 Å². The quantitative estimate of drug-likeness (QED) is 0.744. The van der Waals surface area contributed by atoms with E-state index in [2.05, 4.69) is 65.1 Å². The largest absolute Gasteiger partial charge is 0.315 e. The van der Waals surface area contributed by atoms with E-state index in [0.717, 1.165) is 32.6 Å². The smallest absolute Gasteiger partial charge is 0.0231 e. The maximum absolute atomic E-state index is 3.51. The van der Waals surface area contributed by atoms with Crippen LogP contribution in [0.5, 0.6) is 0 Å². The zero-order valence-electron chi connectivity index (χ0n) is 11.5. The molecule has 19 heavy (non-hydrogen) atoms. The Bertz CT molecular complexity index is 439. The Kier molecular flexibility index (Phi) is 6.08. The molecular weight excluding hydrogens is 252 g/mol. The minimum atomic E-state index is 1.02. The third kappa shape index (κ3) is 5.55. The highest BCUT2D eigenvalue weighted by molar-refractivity contribution is 7.09. The molecule has 0 saturated carbocycles. The third-order valence-corrected chi connectivity index (χ3v) is 4.03. The highest BCUT2D eigenvalue weighted by atomic mass is 32.1. The van der Waals surface area contributed by atoms with Crippen molar-refractivity contribution in [1.29, 1.82) is 0 Å². The Morgan fingerprint density at radius 2 is 1.89 bits per heavy atom. The summed E-state index contributed by atoms with van der Waals surface area (Å²) < 4.78 is 0. The van der Waals surface area contributed by atoms with Crippen molar-refractivity contribution < 1.29 is 0 Å². The van der Waals surface area contributed by atoms with Crippen molar-refractivity contribution in [2.45, 2.75) is 13.0 Å². The molecule has 0 radical (unpaired) electrons. The molecule has 2 rings (SSSR count). The van der Waals surface area contributed by atoms with Crippen LogP contribution in [0.4, 0.5) is 0 Å². The molecule has 0 aliphatic rings. The molecule has 0 aliphatic heterocycles. The SMILES string of the molecule is CN(CCNCCc1cccs1)Cc1ccccc1. The van der Waals surface area contributed by atoms with Gasteiger partial charge < -0.3 is 10.2 Å². The van der Waals surface area contributed by atoms with Crippen LogP contribution in [0.15, 0.2) is 47.8 Å². The van der Waals surface area contributed by atoms with E-state index in [4.69, 9.17) is 0 Å². The summed E-state index contributed by atoms with van der Waals surface area (Å²) in [4.78, 5) is 3.82.